The van der Waals surface area contributed by atoms with Crippen LogP contribution >= 0.6 is 15.9 Å². The molecule has 2 rings (SSSR count). The van der Waals surface area contributed by atoms with Gasteiger partial charge in [-0.15, -0.1) is 0 Å². The summed E-state index contributed by atoms with van der Waals surface area (Å²) in [6, 6.07) is 4.60. The lowest BCUT2D eigenvalue weighted by Gasteiger charge is -2.16. The zero-order chi connectivity index (χ0) is 19.0. The van der Waals surface area contributed by atoms with E-state index in [0.29, 0.717) is 36.3 Å². The number of hydrogen-bond donors (Lipinski definition) is 1. The fraction of sp³-hybridized carbons (Fsp3) is 0.611. The molecule has 0 aliphatic carbocycles. The van der Waals surface area contributed by atoms with E-state index >= 15 is 0 Å². The van der Waals surface area contributed by atoms with Crippen molar-refractivity contribution in [2.24, 2.45) is 0 Å². The smallest absolute Gasteiger partial charge is 0.252 e. The van der Waals surface area contributed by atoms with E-state index in [1.54, 1.807) is 6.07 Å². The van der Waals surface area contributed by atoms with Gasteiger partial charge in [0.1, 0.15) is 0 Å². The lowest BCUT2D eigenvalue weighted by Crippen LogP contribution is -2.29. The maximum atomic E-state index is 12.7. The summed E-state index contributed by atoms with van der Waals surface area (Å²) in [6.45, 7) is 5.02. The molecule has 0 saturated carbocycles. The molecule has 0 unspecified atom stereocenters. The minimum absolute atomic E-state index is 0.163. The Morgan fingerprint density at radius 3 is 2.62 bits per heavy atom. The molecule has 1 aliphatic heterocycles. The monoisotopic (exact) mass is 446 g/mol. The number of benzene rings is 1. The maximum absolute atomic E-state index is 12.7. The van der Waals surface area contributed by atoms with Crippen LogP contribution in [0.4, 0.5) is 0 Å². The lowest BCUT2D eigenvalue weighted by atomic mass is 10.2. The molecule has 1 aliphatic rings. The first-order valence-corrected chi connectivity index (χ1v) is 11.4. The van der Waals surface area contributed by atoms with Crippen molar-refractivity contribution >= 4 is 31.9 Å². The SMILES string of the molecule is CCCCOCCCNC(=O)c1cc(S(=O)(=O)N2CCCC2)ccc1Br. The number of rotatable bonds is 10. The normalized spacial score (nSPS) is 15.3. The van der Waals surface area contributed by atoms with Gasteiger partial charge in [0.25, 0.3) is 5.91 Å². The number of nitrogens with one attached hydrogen (secondary N) is 1. The summed E-state index contributed by atoms with van der Waals surface area (Å²) in [5.74, 6) is -0.288. The highest BCUT2D eigenvalue weighted by Gasteiger charge is 2.28. The average molecular weight is 447 g/mol. The van der Waals surface area contributed by atoms with Crippen molar-refractivity contribution in [3.8, 4) is 0 Å². The van der Waals surface area contributed by atoms with Crippen LogP contribution in [0, 0.1) is 0 Å². The Morgan fingerprint density at radius 2 is 1.92 bits per heavy atom. The number of carbonyl (C=O) groups is 1. The molecule has 1 fully saturated rings. The van der Waals surface area contributed by atoms with Gasteiger partial charge in [0.2, 0.25) is 10.0 Å². The van der Waals surface area contributed by atoms with Crippen LogP contribution in [0.3, 0.4) is 0 Å². The van der Waals surface area contributed by atoms with E-state index in [4.69, 9.17) is 4.74 Å². The Hall–Kier alpha value is -0.960. The summed E-state index contributed by atoms with van der Waals surface area (Å²) in [6.07, 6.45) is 4.62. The molecular weight excluding hydrogens is 420 g/mol. The summed E-state index contributed by atoms with van der Waals surface area (Å²) in [5.41, 5.74) is 0.331. The first-order valence-electron chi connectivity index (χ1n) is 9.12. The molecule has 1 aromatic rings. The molecule has 0 spiro atoms. The first kappa shape index (κ1) is 21.3. The standard InChI is InChI=1S/C18H27BrN2O4S/c1-2-3-12-25-13-6-9-20-18(22)16-14-15(7-8-17(16)19)26(23,24)21-10-4-5-11-21/h7-8,14H,2-6,9-13H2,1H3,(H,20,22). The number of hydrogen-bond acceptors (Lipinski definition) is 4. The summed E-state index contributed by atoms with van der Waals surface area (Å²) >= 11 is 3.34. The van der Waals surface area contributed by atoms with E-state index in [1.807, 2.05) is 0 Å². The van der Waals surface area contributed by atoms with Gasteiger partial charge >= 0.3 is 0 Å². The Kier molecular flexibility index (Phi) is 8.53. The minimum atomic E-state index is -3.54. The van der Waals surface area contributed by atoms with Crippen LogP contribution in [0.25, 0.3) is 0 Å². The molecule has 8 heteroatoms. The van der Waals surface area contributed by atoms with Crippen LogP contribution in [0.2, 0.25) is 0 Å². The van der Waals surface area contributed by atoms with Crippen LogP contribution in [0.5, 0.6) is 0 Å². The molecule has 0 radical (unpaired) electrons. The van der Waals surface area contributed by atoms with E-state index < -0.39 is 10.0 Å². The van der Waals surface area contributed by atoms with Crippen molar-refractivity contribution in [2.75, 3.05) is 32.8 Å². The second kappa shape index (κ2) is 10.4. The quantitative estimate of drug-likeness (QED) is 0.559. The van der Waals surface area contributed by atoms with Crippen molar-refractivity contribution in [3.05, 3.63) is 28.2 Å². The molecule has 146 valence electrons. The predicted molar refractivity (Wildman–Crippen MR) is 105 cm³/mol. The highest BCUT2D eigenvalue weighted by atomic mass is 79.9. The third-order valence-corrected chi connectivity index (χ3v) is 6.86. The fourth-order valence-corrected chi connectivity index (χ4v) is 4.71. The van der Waals surface area contributed by atoms with Crippen LogP contribution < -0.4 is 5.32 Å². The lowest BCUT2D eigenvalue weighted by molar-refractivity contribution is 0.0939. The molecule has 6 nitrogen and oxygen atoms in total. The highest BCUT2D eigenvalue weighted by Crippen LogP contribution is 2.25. The average Bonchev–Trinajstić information content (AvgIpc) is 3.16. The number of halogens is 1. The number of nitrogens with zero attached hydrogens (tertiary/aromatic N) is 1. The molecule has 1 saturated heterocycles. The van der Waals surface area contributed by atoms with Crippen molar-refractivity contribution in [1.29, 1.82) is 0 Å². The molecule has 0 atom stereocenters. The van der Waals surface area contributed by atoms with Crippen molar-refractivity contribution in [2.45, 2.75) is 43.9 Å². The van der Waals surface area contributed by atoms with Gasteiger partial charge in [-0.05, 0) is 59.8 Å². The Morgan fingerprint density at radius 1 is 1.23 bits per heavy atom. The van der Waals surface area contributed by atoms with Gasteiger partial charge in [-0.1, -0.05) is 13.3 Å². The Balaban J connectivity index is 1.95. The Labute approximate surface area is 164 Å². The molecule has 26 heavy (non-hydrogen) atoms. The number of sulfonamides is 1. The minimum Gasteiger partial charge on any atom is -0.381 e. The fourth-order valence-electron chi connectivity index (χ4n) is 2.74. The molecule has 1 amide bonds. The highest BCUT2D eigenvalue weighted by molar-refractivity contribution is 9.10. The van der Waals surface area contributed by atoms with Gasteiger partial charge in [-0.3, -0.25) is 4.79 Å². The van der Waals surface area contributed by atoms with Gasteiger partial charge in [0.15, 0.2) is 0 Å². The van der Waals surface area contributed by atoms with E-state index in [0.717, 1.165) is 38.7 Å². The zero-order valence-electron chi connectivity index (χ0n) is 15.2. The van der Waals surface area contributed by atoms with E-state index in [-0.39, 0.29) is 10.8 Å². The van der Waals surface area contributed by atoms with Crippen molar-refractivity contribution in [1.82, 2.24) is 9.62 Å². The van der Waals surface area contributed by atoms with Gasteiger partial charge < -0.3 is 10.1 Å². The molecule has 1 N–H and O–H groups in total. The van der Waals surface area contributed by atoms with Crippen molar-refractivity contribution < 1.29 is 17.9 Å². The van der Waals surface area contributed by atoms with Crippen molar-refractivity contribution in [3.63, 3.8) is 0 Å². The third kappa shape index (κ3) is 5.77. The predicted octanol–water partition coefficient (Wildman–Crippen LogP) is 3.17. The van der Waals surface area contributed by atoms with Gasteiger partial charge in [0, 0.05) is 37.3 Å². The number of unbranched alkanes of at least 4 members (excludes halogenated alkanes) is 1. The first-order chi connectivity index (χ1) is 12.5. The Bertz CT molecular complexity index is 703. The van der Waals surface area contributed by atoms with Gasteiger partial charge in [0.05, 0.1) is 10.5 Å². The van der Waals surface area contributed by atoms with E-state index in [9.17, 15) is 13.2 Å². The van der Waals surface area contributed by atoms with Crippen LogP contribution in [-0.4, -0.2) is 51.5 Å². The summed E-state index contributed by atoms with van der Waals surface area (Å²) in [4.78, 5) is 12.6. The molecule has 1 aromatic carbocycles. The third-order valence-electron chi connectivity index (χ3n) is 4.28. The zero-order valence-corrected chi connectivity index (χ0v) is 17.6. The topological polar surface area (TPSA) is 75.7 Å². The van der Waals surface area contributed by atoms with Crippen LogP contribution in [0.1, 0.15) is 49.4 Å². The van der Waals surface area contributed by atoms with Crippen LogP contribution in [0.15, 0.2) is 27.6 Å². The van der Waals surface area contributed by atoms with E-state index in [2.05, 4.69) is 28.2 Å². The molecule has 0 aromatic heterocycles. The largest absolute Gasteiger partial charge is 0.381 e. The summed E-state index contributed by atoms with van der Waals surface area (Å²) in [7, 11) is -3.54. The van der Waals surface area contributed by atoms with Gasteiger partial charge in [-0.2, -0.15) is 4.31 Å². The van der Waals surface area contributed by atoms with E-state index in [1.165, 1.54) is 16.4 Å². The number of carbonyl (C=O) groups excluding carboxylic acids is 1. The summed E-state index contributed by atoms with van der Waals surface area (Å²) < 4.78 is 32.9. The molecule has 0 bridgehead atoms. The van der Waals surface area contributed by atoms with Gasteiger partial charge in [-0.25, -0.2) is 8.42 Å². The van der Waals surface area contributed by atoms with Crippen LogP contribution in [-0.2, 0) is 14.8 Å². The number of amides is 1. The molecular formula is C18H27BrN2O4S. The maximum Gasteiger partial charge on any atom is 0.252 e. The second-order valence-corrected chi connectivity index (χ2v) is 9.12. The molecule has 1 heterocycles. The summed E-state index contributed by atoms with van der Waals surface area (Å²) in [5, 5.41) is 2.82. The number of ether oxygens (including phenoxy) is 1. The second-order valence-electron chi connectivity index (χ2n) is 6.33.